The van der Waals surface area contributed by atoms with Gasteiger partial charge in [-0.25, -0.2) is 0 Å². The molecule has 1 atom stereocenters. The summed E-state index contributed by atoms with van der Waals surface area (Å²) in [4.78, 5) is 29.5. The van der Waals surface area contributed by atoms with Gasteiger partial charge in [0.15, 0.2) is 0 Å². The average Bonchev–Trinajstić information content (AvgIpc) is 2.90. The van der Waals surface area contributed by atoms with Crippen LogP contribution in [0.2, 0.25) is 0 Å². The molecule has 0 aliphatic rings. The molecule has 0 aromatic heterocycles. The van der Waals surface area contributed by atoms with E-state index >= 15 is 0 Å². The number of rotatable bonds is 9. The van der Waals surface area contributed by atoms with E-state index in [4.69, 9.17) is 0 Å². The van der Waals surface area contributed by atoms with Crippen molar-refractivity contribution in [2.45, 2.75) is 65.1 Å². The lowest BCUT2D eigenvalue weighted by Crippen LogP contribution is -2.54. The molecule has 4 rings (SSSR count). The average molecular weight is 507 g/mol. The van der Waals surface area contributed by atoms with E-state index in [2.05, 4.69) is 41.7 Å². The molecule has 4 aromatic carbocycles. The van der Waals surface area contributed by atoms with Crippen molar-refractivity contribution in [3.8, 4) is 0 Å². The monoisotopic (exact) mass is 506 g/mol. The Morgan fingerprint density at radius 2 is 1.45 bits per heavy atom. The molecule has 0 saturated carbocycles. The number of hydrogen-bond donors (Lipinski definition) is 1. The number of carbonyl (C=O) groups is 2. The van der Waals surface area contributed by atoms with Gasteiger partial charge < -0.3 is 10.2 Å². The highest BCUT2D eigenvalue weighted by Crippen LogP contribution is 2.22. The van der Waals surface area contributed by atoms with Crippen LogP contribution in [0.4, 0.5) is 0 Å². The zero-order valence-corrected chi connectivity index (χ0v) is 22.9. The van der Waals surface area contributed by atoms with E-state index in [1.165, 1.54) is 10.8 Å². The summed E-state index contributed by atoms with van der Waals surface area (Å²) >= 11 is 0. The molecule has 2 amide bonds. The molecule has 0 aliphatic carbocycles. The van der Waals surface area contributed by atoms with Crippen molar-refractivity contribution in [1.29, 1.82) is 0 Å². The highest BCUT2D eigenvalue weighted by molar-refractivity contribution is 5.89. The Hall–Kier alpha value is -3.92. The van der Waals surface area contributed by atoms with Crippen molar-refractivity contribution in [3.05, 3.63) is 119 Å². The first kappa shape index (κ1) is 27.1. The van der Waals surface area contributed by atoms with Gasteiger partial charge in [0, 0.05) is 24.9 Å². The Morgan fingerprint density at radius 1 is 0.789 bits per heavy atom. The van der Waals surface area contributed by atoms with Crippen molar-refractivity contribution in [3.63, 3.8) is 0 Å². The Kier molecular flexibility index (Phi) is 8.62. The van der Waals surface area contributed by atoms with Gasteiger partial charge in [-0.05, 0) is 61.6 Å². The second-order valence-electron chi connectivity index (χ2n) is 11.1. The van der Waals surface area contributed by atoms with E-state index in [-0.39, 0.29) is 11.8 Å². The third-order valence-electron chi connectivity index (χ3n) is 6.73. The normalized spacial score (nSPS) is 12.2. The van der Waals surface area contributed by atoms with Crippen molar-refractivity contribution < 1.29 is 9.59 Å². The number of amides is 2. The third-order valence-corrected chi connectivity index (χ3v) is 6.73. The maximum Gasteiger partial charge on any atom is 0.243 e. The van der Waals surface area contributed by atoms with Crippen LogP contribution in [0.25, 0.3) is 10.8 Å². The minimum Gasteiger partial charge on any atom is -0.350 e. The first-order chi connectivity index (χ1) is 18.2. The molecule has 0 bridgehead atoms. The predicted octanol–water partition coefficient (Wildman–Crippen LogP) is 6.64. The van der Waals surface area contributed by atoms with Gasteiger partial charge >= 0.3 is 0 Å². The second kappa shape index (κ2) is 12.1. The zero-order chi connectivity index (χ0) is 27.1. The van der Waals surface area contributed by atoms with Crippen molar-refractivity contribution in [2.75, 3.05) is 0 Å². The zero-order valence-electron chi connectivity index (χ0n) is 22.9. The Morgan fingerprint density at radius 3 is 2.16 bits per heavy atom. The first-order valence-electron chi connectivity index (χ1n) is 13.4. The molecule has 0 aliphatic heterocycles. The summed E-state index contributed by atoms with van der Waals surface area (Å²) in [6.07, 6.45) is 1.39. The summed E-state index contributed by atoms with van der Waals surface area (Å²) in [5, 5.41) is 5.47. The smallest absolute Gasteiger partial charge is 0.243 e. The van der Waals surface area contributed by atoms with Gasteiger partial charge in [-0.1, -0.05) is 103 Å². The number of carbonyl (C=O) groups excluding carboxylic acids is 2. The standard InChI is InChI=1S/C34H38N2O2/c1-25-17-19-27(20-18-25)24-36(31(33(38)35-34(2,3)4)23-26-11-6-5-7-12-26)32(37)22-21-29-15-10-14-28-13-8-9-16-30(28)29/h5-20,31H,21-24H2,1-4H3,(H,35,38). The Balaban J connectivity index is 1.65. The molecule has 0 spiro atoms. The summed E-state index contributed by atoms with van der Waals surface area (Å²) < 4.78 is 0. The third kappa shape index (κ3) is 7.32. The molecule has 196 valence electrons. The van der Waals surface area contributed by atoms with Crippen LogP contribution in [0.3, 0.4) is 0 Å². The lowest BCUT2D eigenvalue weighted by molar-refractivity contribution is -0.141. The lowest BCUT2D eigenvalue weighted by Gasteiger charge is -2.34. The van der Waals surface area contributed by atoms with Gasteiger partial charge in [-0.15, -0.1) is 0 Å². The van der Waals surface area contributed by atoms with E-state index in [1.807, 2.05) is 88.4 Å². The molecular weight excluding hydrogens is 468 g/mol. The van der Waals surface area contributed by atoms with Gasteiger partial charge in [-0.3, -0.25) is 9.59 Å². The quantitative estimate of drug-likeness (QED) is 0.277. The molecular formula is C34H38N2O2. The number of nitrogens with zero attached hydrogens (tertiary/aromatic N) is 1. The largest absolute Gasteiger partial charge is 0.350 e. The highest BCUT2D eigenvalue weighted by atomic mass is 16.2. The van der Waals surface area contributed by atoms with Gasteiger partial charge in [0.25, 0.3) is 0 Å². The summed E-state index contributed by atoms with van der Waals surface area (Å²) in [6, 6.07) is 32.0. The number of aryl methyl sites for hydroxylation is 2. The van der Waals surface area contributed by atoms with E-state index in [0.29, 0.717) is 25.8 Å². The minimum atomic E-state index is -0.627. The van der Waals surface area contributed by atoms with Crippen LogP contribution in [0.5, 0.6) is 0 Å². The molecule has 0 fully saturated rings. The van der Waals surface area contributed by atoms with E-state index in [1.54, 1.807) is 4.90 Å². The fraction of sp³-hybridized carbons (Fsp3) is 0.294. The first-order valence-corrected chi connectivity index (χ1v) is 13.4. The van der Waals surface area contributed by atoms with Crippen molar-refractivity contribution in [1.82, 2.24) is 10.2 Å². The highest BCUT2D eigenvalue weighted by Gasteiger charge is 2.32. The molecule has 1 unspecified atom stereocenters. The topological polar surface area (TPSA) is 49.4 Å². The fourth-order valence-electron chi connectivity index (χ4n) is 4.79. The maximum atomic E-state index is 14.0. The van der Waals surface area contributed by atoms with E-state index in [9.17, 15) is 9.59 Å². The van der Waals surface area contributed by atoms with Crippen LogP contribution < -0.4 is 5.32 Å². The summed E-state index contributed by atoms with van der Waals surface area (Å²) in [6.45, 7) is 8.33. The van der Waals surface area contributed by atoms with Crippen LogP contribution >= 0.6 is 0 Å². The molecule has 4 nitrogen and oxygen atoms in total. The lowest BCUT2D eigenvalue weighted by atomic mass is 9.98. The maximum absolute atomic E-state index is 14.0. The molecule has 0 heterocycles. The number of fused-ring (bicyclic) bond motifs is 1. The Bertz CT molecular complexity index is 1370. The van der Waals surface area contributed by atoms with Crippen LogP contribution in [0, 0.1) is 6.92 Å². The van der Waals surface area contributed by atoms with Gasteiger partial charge in [0.05, 0.1) is 0 Å². The SMILES string of the molecule is Cc1ccc(CN(C(=O)CCc2cccc3ccccc23)C(Cc2ccccc2)C(=O)NC(C)(C)C)cc1. The molecule has 38 heavy (non-hydrogen) atoms. The van der Waals surface area contributed by atoms with Crippen LogP contribution in [0.15, 0.2) is 97.1 Å². The molecule has 4 heteroatoms. The van der Waals surface area contributed by atoms with Crippen molar-refractivity contribution >= 4 is 22.6 Å². The van der Waals surface area contributed by atoms with Gasteiger partial charge in [-0.2, -0.15) is 0 Å². The number of hydrogen-bond acceptors (Lipinski definition) is 2. The number of nitrogens with one attached hydrogen (secondary N) is 1. The molecule has 0 radical (unpaired) electrons. The molecule has 4 aromatic rings. The van der Waals surface area contributed by atoms with E-state index < -0.39 is 11.6 Å². The summed E-state index contributed by atoms with van der Waals surface area (Å²) in [5.74, 6) is -0.157. The van der Waals surface area contributed by atoms with Crippen LogP contribution in [0.1, 0.15) is 49.4 Å². The molecule has 0 saturated heterocycles. The van der Waals surface area contributed by atoms with Gasteiger partial charge in [0.2, 0.25) is 11.8 Å². The van der Waals surface area contributed by atoms with Crippen LogP contribution in [-0.2, 0) is 29.0 Å². The van der Waals surface area contributed by atoms with E-state index in [0.717, 1.165) is 22.3 Å². The summed E-state index contributed by atoms with van der Waals surface area (Å²) in [5.41, 5.74) is 3.93. The summed E-state index contributed by atoms with van der Waals surface area (Å²) in [7, 11) is 0. The van der Waals surface area contributed by atoms with Gasteiger partial charge in [0.1, 0.15) is 6.04 Å². The van der Waals surface area contributed by atoms with Crippen LogP contribution in [-0.4, -0.2) is 28.3 Å². The minimum absolute atomic E-state index is 0.0245. The van der Waals surface area contributed by atoms with Crippen molar-refractivity contribution in [2.24, 2.45) is 0 Å². The molecule has 1 N–H and O–H groups in total. The second-order valence-corrected chi connectivity index (χ2v) is 11.1. The Labute approximate surface area is 226 Å². The fourth-order valence-corrected chi connectivity index (χ4v) is 4.79. The number of benzene rings is 4. The predicted molar refractivity (Wildman–Crippen MR) is 156 cm³/mol.